The first kappa shape index (κ1) is 15.3. The summed E-state index contributed by atoms with van der Waals surface area (Å²) in [6.07, 6.45) is 0.619. The van der Waals surface area contributed by atoms with E-state index in [2.05, 4.69) is 10.1 Å². The SMILES string of the molecule is CC(C)(C)c1ccnc(OC(N)=O)c1-c1cc(CCl)no1. The molecule has 0 bridgehead atoms. The normalized spacial score (nSPS) is 11.4. The summed E-state index contributed by atoms with van der Waals surface area (Å²) in [4.78, 5) is 15.1. The molecule has 2 N–H and O–H groups in total. The van der Waals surface area contributed by atoms with Gasteiger partial charge in [0.25, 0.3) is 0 Å². The number of hydrogen-bond acceptors (Lipinski definition) is 5. The summed E-state index contributed by atoms with van der Waals surface area (Å²) in [6, 6.07) is 3.53. The van der Waals surface area contributed by atoms with Crippen LogP contribution in [-0.2, 0) is 11.3 Å². The average molecular weight is 310 g/mol. The topological polar surface area (TPSA) is 91.2 Å². The summed E-state index contributed by atoms with van der Waals surface area (Å²) in [7, 11) is 0. The van der Waals surface area contributed by atoms with Gasteiger partial charge in [-0.25, -0.2) is 9.78 Å². The fourth-order valence-electron chi connectivity index (χ4n) is 1.97. The molecule has 0 saturated carbocycles. The minimum atomic E-state index is -0.938. The van der Waals surface area contributed by atoms with E-state index in [9.17, 15) is 4.79 Å². The number of rotatable bonds is 3. The van der Waals surface area contributed by atoms with E-state index in [0.717, 1.165) is 5.56 Å². The first-order valence-electron chi connectivity index (χ1n) is 6.31. The molecule has 2 aromatic rings. The van der Waals surface area contributed by atoms with Gasteiger partial charge in [0.1, 0.15) is 0 Å². The third-order valence-electron chi connectivity index (χ3n) is 2.86. The van der Waals surface area contributed by atoms with E-state index in [1.807, 2.05) is 26.8 Å². The molecule has 112 valence electrons. The maximum Gasteiger partial charge on any atom is 0.411 e. The van der Waals surface area contributed by atoms with Crippen molar-refractivity contribution in [2.24, 2.45) is 5.73 Å². The predicted octanol–water partition coefficient (Wildman–Crippen LogP) is 3.23. The van der Waals surface area contributed by atoms with E-state index in [0.29, 0.717) is 17.0 Å². The maximum atomic E-state index is 11.1. The van der Waals surface area contributed by atoms with E-state index in [-0.39, 0.29) is 17.2 Å². The highest BCUT2D eigenvalue weighted by molar-refractivity contribution is 6.16. The van der Waals surface area contributed by atoms with Crippen LogP contribution < -0.4 is 10.5 Å². The molecule has 6 nitrogen and oxygen atoms in total. The quantitative estimate of drug-likeness (QED) is 0.879. The molecule has 0 fully saturated rings. The standard InChI is InChI=1S/C14H16ClN3O3/c1-14(2,3)9-4-5-17-12(20-13(16)19)11(9)10-6-8(7-15)18-21-10/h4-6H,7H2,1-3H3,(H2,16,19). The Kier molecular flexibility index (Phi) is 4.18. The molecule has 0 atom stereocenters. The molecule has 0 spiro atoms. The van der Waals surface area contributed by atoms with E-state index in [4.69, 9.17) is 26.6 Å². The number of alkyl halides is 1. The molecular weight excluding hydrogens is 294 g/mol. The zero-order chi connectivity index (χ0) is 15.6. The van der Waals surface area contributed by atoms with Crippen LogP contribution >= 0.6 is 11.6 Å². The third-order valence-corrected chi connectivity index (χ3v) is 3.14. The molecular formula is C14H16ClN3O3. The molecule has 0 unspecified atom stereocenters. The number of amides is 1. The van der Waals surface area contributed by atoms with E-state index >= 15 is 0 Å². The largest absolute Gasteiger partial charge is 0.411 e. The van der Waals surface area contributed by atoms with Crippen molar-refractivity contribution in [3.8, 4) is 17.2 Å². The second-order valence-electron chi connectivity index (χ2n) is 5.53. The second-order valence-corrected chi connectivity index (χ2v) is 5.79. The Morgan fingerprint density at radius 3 is 2.71 bits per heavy atom. The molecule has 7 heteroatoms. The first-order valence-corrected chi connectivity index (χ1v) is 6.85. The number of aromatic nitrogens is 2. The number of hydrogen-bond donors (Lipinski definition) is 1. The van der Waals surface area contributed by atoms with Crippen molar-refractivity contribution >= 4 is 17.7 Å². The van der Waals surface area contributed by atoms with E-state index in [1.165, 1.54) is 0 Å². The minimum absolute atomic E-state index is 0.0900. The molecule has 21 heavy (non-hydrogen) atoms. The highest BCUT2D eigenvalue weighted by atomic mass is 35.5. The van der Waals surface area contributed by atoms with Crippen LogP contribution in [0.15, 0.2) is 22.9 Å². The summed E-state index contributed by atoms with van der Waals surface area (Å²) in [5.74, 6) is 0.743. The third kappa shape index (κ3) is 3.33. The van der Waals surface area contributed by atoms with Crippen molar-refractivity contribution in [2.75, 3.05) is 0 Å². The molecule has 0 aliphatic carbocycles. The maximum absolute atomic E-state index is 11.1. The zero-order valence-electron chi connectivity index (χ0n) is 12.0. The molecule has 2 rings (SSSR count). The van der Waals surface area contributed by atoms with Gasteiger partial charge in [0, 0.05) is 12.3 Å². The lowest BCUT2D eigenvalue weighted by molar-refractivity contribution is 0.209. The summed E-state index contributed by atoms with van der Waals surface area (Å²) < 4.78 is 10.3. The molecule has 0 radical (unpaired) electrons. The number of nitrogens with zero attached hydrogens (tertiary/aromatic N) is 2. The van der Waals surface area contributed by atoms with E-state index in [1.54, 1.807) is 12.3 Å². The zero-order valence-corrected chi connectivity index (χ0v) is 12.8. The van der Waals surface area contributed by atoms with Gasteiger partial charge in [-0.05, 0) is 17.0 Å². The number of halogens is 1. The van der Waals surface area contributed by atoms with Gasteiger partial charge in [0.2, 0.25) is 5.88 Å². The van der Waals surface area contributed by atoms with Crippen molar-refractivity contribution in [1.29, 1.82) is 0 Å². The number of ether oxygens (including phenoxy) is 1. The van der Waals surface area contributed by atoms with Crippen LogP contribution in [0, 0.1) is 0 Å². The fourth-order valence-corrected chi connectivity index (χ4v) is 2.10. The van der Waals surface area contributed by atoms with Gasteiger partial charge in [0.15, 0.2) is 5.76 Å². The van der Waals surface area contributed by atoms with Crippen LogP contribution in [0.3, 0.4) is 0 Å². The summed E-state index contributed by atoms with van der Waals surface area (Å²) in [5.41, 5.74) is 6.90. The Bertz CT molecular complexity index is 662. The van der Waals surface area contributed by atoms with Crippen LogP contribution in [0.2, 0.25) is 0 Å². The number of primary amides is 1. The van der Waals surface area contributed by atoms with Crippen molar-refractivity contribution in [1.82, 2.24) is 10.1 Å². The minimum Gasteiger partial charge on any atom is -0.391 e. The van der Waals surface area contributed by atoms with Crippen LogP contribution in [0.5, 0.6) is 5.88 Å². The molecule has 0 aromatic carbocycles. The number of carbonyl (C=O) groups excluding carboxylic acids is 1. The van der Waals surface area contributed by atoms with Crippen LogP contribution in [0.1, 0.15) is 32.0 Å². The average Bonchev–Trinajstić information content (AvgIpc) is 2.85. The van der Waals surface area contributed by atoms with Crippen LogP contribution in [0.25, 0.3) is 11.3 Å². The molecule has 0 saturated heterocycles. The number of carbonyl (C=O) groups is 1. The van der Waals surface area contributed by atoms with Crippen LogP contribution in [-0.4, -0.2) is 16.2 Å². The fraction of sp³-hybridized carbons (Fsp3) is 0.357. The van der Waals surface area contributed by atoms with Crippen molar-refractivity contribution < 1.29 is 14.1 Å². The highest BCUT2D eigenvalue weighted by Gasteiger charge is 2.26. The highest BCUT2D eigenvalue weighted by Crippen LogP contribution is 2.38. The Morgan fingerprint density at radius 2 is 2.19 bits per heavy atom. The van der Waals surface area contributed by atoms with Crippen molar-refractivity contribution in [2.45, 2.75) is 32.1 Å². The lowest BCUT2D eigenvalue weighted by atomic mass is 9.84. The summed E-state index contributed by atoms with van der Waals surface area (Å²) in [5, 5.41) is 3.85. The molecule has 2 aromatic heterocycles. The Balaban J connectivity index is 2.65. The second kappa shape index (κ2) is 5.73. The van der Waals surface area contributed by atoms with E-state index < -0.39 is 6.09 Å². The predicted molar refractivity (Wildman–Crippen MR) is 78.2 cm³/mol. The van der Waals surface area contributed by atoms with Gasteiger partial charge in [-0.1, -0.05) is 25.9 Å². The van der Waals surface area contributed by atoms with Crippen molar-refractivity contribution in [3.05, 3.63) is 29.6 Å². The summed E-state index contributed by atoms with van der Waals surface area (Å²) in [6.45, 7) is 6.08. The Labute approximate surface area is 127 Å². The van der Waals surface area contributed by atoms with Gasteiger partial charge in [0.05, 0.1) is 17.1 Å². The van der Waals surface area contributed by atoms with Crippen LogP contribution in [0.4, 0.5) is 4.79 Å². The number of nitrogens with two attached hydrogens (primary N) is 1. The lowest BCUT2D eigenvalue weighted by Gasteiger charge is -2.22. The van der Waals surface area contributed by atoms with Crippen molar-refractivity contribution in [3.63, 3.8) is 0 Å². The molecule has 1 amide bonds. The Hall–Kier alpha value is -2.08. The molecule has 0 aliphatic heterocycles. The Morgan fingerprint density at radius 1 is 1.48 bits per heavy atom. The summed E-state index contributed by atoms with van der Waals surface area (Å²) >= 11 is 5.74. The van der Waals surface area contributed by atoms with Gasteiger partial charge >= 0.3 is 6.09 Å². The smallest absolute Gasteiger partial charge is 0.391 e. The molecule has 2 heterocycles. The molecule has 0 aliphatic rings. The number of pyridine rings is 1. The first-order chi connectivity index (χ1) is 9.82. The van der Waals surface area contributed by atoms with Gasteiger partial charge in [-0.15, -0.1) is 11.6 Å². The van der Waals surface area contributed by atoms with Gasteiger partial charge in [-0.3, -0.25) is 0 Å². The lowest BCUT2D eigenvalue weighted by Crippen LogP contribution is -2.19. The monoisotopic (exact) mass is 309 g/mol. The van der Waals surface area contributed by atoms with Gasteiger partial charge in [-0.2, -0.15) is 0 Å². The van der Waals surface area contributed by atoms with Gasteiger partial charge < -0.3 is 15.0 Å².